The summed E-state index contributed by atoms with van der Waals surface area (Å²) >= 11 is 0. The molecule has 32 heavy (non-hydrogen) atoms. The van der Waals surface area contributed by atoms with Gasteiger partial charge in [-0.15, -0.1) is 0 Å². The molecule has 6 aromatic rings. The van der Waals surface area contributed by atoms with Crippen molar-refractivity contribution in [2.24, 2.45) is 0 Å². The van der Waals surface area contributed by atoms with Gasteiger partial charge < -0.3 is 4.42 Å². The molecule has 0 spiro atoms. The minimum Gasteiger partial charge on any atom is -0.456 e. The lowest BCUT2D eigenvalue weighted by molar-refractivity contribution is 0.669. The average Bonchev–Trinajstić information content (AvgIpc) is 3.39. The fraction of sp³-hybridized carbons (Fsp3) is 0.0323. The highest BCUT2D eigenvalue weighted by atomic mass is 16.3. The number of para-hydroxylation sites is 1. The van der Waals surface area contributed by atoms with Crippen LogP contribution in [0.3, 0.4) is 0 Å². The predicted octanol–water partition coefficient (Wildman–Crippen LogP) is 8.41. The van der Waals surface area contributed by atoms with E-state index in [0.29, 0.717) is 0 Å². The number of furan rings is 1. The highest BCUT2D eigenvalue weighted by molar-refractivity contribution is 6.06. The average molecular weight is 409 g/mol. The molecule has 0 radical (unpaired) electrons. The van der Waals surface area contributed by atoms with Crippen molar-refractivity contribution in [3.8, 4) is 22.3 Å². The summed E-state index contributed by atoms with van der Waals surface area (Å²) in [5.41, 5.74) is 11.1. The van der Waals surface area contributed by atoms with Gasteiger partial charge in [-0.2, -0.15) is 0 Å². The van der Waals surface area contributed by atoms with Crippen LogP contribution in [0.2, 0.25) is 0 Å². The first-order chi connectivity index (χ1) is 15.9. The van der Waals surface area contributed by atoms with Crippen molar-refractivity contribution < 1.29 is 4.42 Å². The number of hydrogen-bond acceptors (Lipinski definition) is 1. The largest absolute Gasteiger partial charge is 0.456 e. The zero-order valence-electron chi connectivity index (χ0n) is 17.5. The van der Waals surface area contributed by atoms with Gasteiger partial charge in [-0.1, -0.05) is 97.1 Å². The van der Waals surface area contributed by atoms with Crippen LogP contribution in [0.1, 0.15) is 22.6 Å². The molecule has 5 aromatic carbocycles. The Labute approximate surface area is 186 Å². The minimum atomic E-state index is 0.265. The van der Waals surface area contributed by atoms with E-state index in [1.165, 1.54) is 49.7 Å². The normalized spacial score (nSPS) is 12.9. The molecule has 1 nitrogen and oxygen atoms in total. The van der Waals surface area contributed by atoms with Crippen LogP contribution in [0.15, 0.2) is 120 Å². The Kier molecular flexibility index (Phi) is 3.68. The van der Waals surface area contributed by atoms with Gasteiger partial charge >= 0.3 is 0 Å². The third-order valence-corrected chi connectivity index (χ3v) is 6.76. The molecule has 1 aliphatic carbocycles. The Morgan fingerprint density at radius 1 is 0.469 bits per heavy atom. The highest BCUT2D eigenvalue weighted by Gasteiger charge is 2.29. The molecule has 1 aromatic heterocycles. The second-order valence-corrected chi connectivity index (χ2v) is 8.54. The van der Waals surface area contributed by atoms with Gasteiger partial charge in [-0.05, 0) is 57.1 Å². The van der Waals surface area contributed by atoms with Crippen molar-refractivity contribution in [1.29, 1.82) is 0 Å². The molecular formula is C31H20O. The molecule has 0 saturated heterocycles. The monoisotopic (exact) mass is 408 g/mol. The van der Waals surface area contributed by atoms with E-state index in [2.05, 4.69) is 103 Å². The summed E-state index contributed by atoms with van der Waals surface area (Å²) in [7, 11) is 0. The van der Waals surface area contributed by atoms with Gasteiger partial charge in [-0.25, -0.2) is 0 Å². The standard InChI is InChI=1S/C31H20O/c1-3-13-26-23(10-1)24-11-2-4-14-27(24)31(26)22-9-7-8-20(18-22)21-16-17-30-28(19-21)25-12-5-6-15-29(25)32-30/h1-19,31H. The molecule has 0 unspecified atom stereocenters. The van der Waals surface area contributed by atoms with Crippen LogP contribution in [-0.2, 0) is 0 Å². The van der Waals surface area contributed by atoms with Crippen LogP contribution >= 0.6 is 0 Å². The van der Waals surface area contributed by atoms with E-state index in [4.69, 9.17) is 4.42 Å². The lowest BCUT2D eigenvalue weighted by Gasteiger charge is -2.16. The van der Waals surface area contributed by atoms with Crippen molar-refractivity contribution in [3.63, 3.8) is 0 Å². The second kappa shape index (κ2) is 6.70. The molecule has 1 heterocycles. The fourth-order valence-electron chi connectivity index (χ4n) is 5.32. The van der Waals surface area contributed by atoms with E-state index in [-0.39, 0.29) is 5.92 Å². The first-order valence-corrected chi connectivity index (χ1v) is 11.1. The number of rotatable bonds is 2. The van der Waals surface area contributed by atoms with Crippen LogP contribution < -0.4 is 0 Å². The molecule has 1 aliphatic rings. The van der Waals surface area contributed by atoms with Gasteiger partial charge in [0.1, 0.15) is 11.2 Å². The van der Waals surface area contributed by atoms with Crippen molar-refractivity contribution in [2.75, 3.05) is 0 Å². The molecule has 150 valence electrons. The summed E-state index contributed by atoms with van der Waals surface area (Å²) < 4.78 is 6.03. The highest BCUT2D eigenvalue weighted by Crippen LogP contribution is 2.48. The molecule has 0 atom stereocenters. The van der Waals surface area contributed by atoms with Crippen molar-refractivity contribution in [3.05, 3.63) is 132 Å². The minimum absolute atomic E-state index is 0.265. The fourth-order valence-corrected chi connectivity index (χ4v) is 5.32. The van der Waals surface area contributed by atoms with Crippen LogP contribution in [-0.4, -0.2) is 0 Å². The summed E-state index contributed by atoms with van der Waals surface area (Å²) in [5.74, 6) is 0.265. The molecule has 0 saturated carbocycles. The molecule has 0 aliphatic heterocycles. The zero-order valence-corrected chi connectivity index (χ0v) is 17.5. The number of fused-ring (bicyclic) bond motifs is 6. The Morgan fingerprint density at radius 2 is 1.12 bits per heavy atom. The van der Waals surface area contributed by atoms with Gasteiger partial charge in [0.25, 0.3) is 0 Å². The quantitative estimate of drug-likeness (QED) is 0.280. The Hall–Kier alpha value is -4.10. The maximum absolute atomic E-state index is 6.03. The molecule has 7 rings (SSSR count). The first kappa shape index (κ1) is 17.6. The zero-order chi connectivity index (χ0) is 21.1. The van der Waals surface area contributed by atoms with E-state index in [9.17, 15) is 0 Å². The molecule has 0 fully saturated rings. The van der Waals surface area contributed by atoms with Gasteiger partial charge in [-0.3, -0.25) is 0 Å². The topological polar surface area (TPSA) is 13.1 Å². The van der Waals surface area contributed by atoms with E-state index in [1.807, 2.05) is 12.1 Å². The molecular weight excluding hydrogens is 388 g/mol. The van der Waals surface area contributed by atoms with E-state index in [1.54, 1.807) is 0 Å². The van der Waals surface area contributed by atoms with Gasteiger partial charge in [0.05, 0.1) is 0 Å². The first-order valence-electron chi connectivity index (χ1n) is 11.1. The van der Waals surface area contributed by atoms with Gasteiger partial charge in [0.15, 0.2) is 0 Å². The number of benzene rings is 5. The van der Waals surface area contributed by atoms with Crippen molar-refractivity contribution >= 4 is 21.9 Å². The van der Waals surface area contributed by atoms with E-state index < -0.39 is 0 Å². The van der Waals surface area contributed by atoms with E-state index in [0.717, 1.165) is 11.2 Å². The summed E-state index contributed by atoms with van der Waals surface area (Å²) in [5, 5.41) is 2.33. The Bertz CT molecular complexity index is 1590. The summed E-state index contributed by atoms with van der Waals surface area (Å²) in [6.07, 6.45) is 0. The van der Waals surface area contributed by atoms with Crippen LogP contribution in [0, 0.1) is 0 Å². The van der Waals surface area contributed by atoms with Crippen molar-refractivity contribution in [1.82, 2.24) is 0 Å². The van der Waals surface area contributed by atoms with E-state index >= 15 is 0 Å². The third kappa shape index (κ3) is 2.52. The lowest BCUT2D eigenvalue weighted by Crippen LogP contribution is -1.99. The van der Waals surface area contributed by atoms with Gasteiger partial charge in [0.2, 0.25) is 0 Å². The summed E-state index contributed by atoms with van der Waals surface area (Å²) in [4.78, 5) is 0. The Morgan fingerprint density at radius 3 is 1.94 bits per heavy atom. The smallest absolute Gasteiger partial charge is 0.135 e. The third-order valence-electron chi connectivity index (χ3n) is 6.76. The number of hydrogen-bond donors (Lipinski definition) is 0. The lowest BCUT2D eigenvalue weighted by atomic mass is 9.87. The molecule has 0 bridgehead atoms. The SMILES string of the molecule is c1cc(-c2ccc3oc4ccccc4c3c2)cc(C2c3ccccc3-c3ccccc32)c1. The van der Waals surface area contributed by atoms with Gasteiger partial charge in [0, 0.05) is 16.7 Å². The summed E-state index contributed by atoms with van der Waals surface area (Å²) in [6.45, 7) is 0. The van der Waals surface area contributed by atoms with Crippen LogP contribution in [0.5, 0.6) is 0 Å². The molecule has 0 N–H and O–H groups in total. The summed E-state index contributed by atoms with van der Waals surface area (Å²) in [6, 6.07) is 41.4. The molecule has 1 heteroatoms. The van der Waals surface area contributed by atoms with Crippen molar-refractivity contribution in [2.45, 2.75) is 5.92 Å². The predicted molar refractivity (Wildman–Crippen MR) is 132 cm³/mol. The van der Waals surface area contributed by atoms with Crippen LogP contribution in [0.4, 0.5) is 0 Å². The maximum atomic E-state index is 6.03. The Balaban J connectivity index is 1.39. The second-order valence-electron chi connectivity index (χ2n) is 8.54. The molecule has 0 amide bonds. The maximum Gasteiger partial charge on any atom is 0.135 e. The van der Waals surface area contributed by atoms with Crippen LogP contribution in [0.25, 0.3) is 44.2 Å².